The molecule has 5 rings (SSSR count). The number of para-hydroxylation sites is 1. The molecule has 5 nitrogen and oxygen atoms in total. The third-order valence-corrected chi connectivity index (χ3v) is 5.73. The van der Waals surface area contributed by atoms with Gasteiger partial charge in [0.05, 0.1) is 11.4 Å². The van der Waals surface area contributed by atoms with Crippen molar-refractivity contribution < 1.29 is 9.21 Å². The van der Waals surface area contributed by atoms with Gasteiger partial charge in [0.2, 0.25) is 0 Å². The van der Waals surface area contributed by atoms with Gasteiger partial charge < -0.3 is 9.73 Å². The van der Waals surface area contributed by atoms with Gasteiger partial charge in [-0.15, -0.1) is 0 Å². The summed E-state index contributed by atoms with van der Waals surface area (Å²) < 4.78 is 7.46. The number of hydrogen-bond acceptors (Lipinski definition) is 4. The van der Waals surface area contributed by atoms with Crippen LogP contribution in [0, 0.1) is 0 Å². The van der Waals surface area contributed by atoms with Crippen molar-refractivity contribution >= 4 is 46.1 Å². The molecule has 2 aromatic carbocycles. The van der Waals surface area contributed by atoms with Crippen LogP contribution in [0.5, 0.6) is 0 Å². The third kappa shape index (κ3) is 2.91. The molecule has 0 saturated heterocycles. The van der Waals surface area contributed by atoms with Crippen LogP contribution in [0.15, 0.2) is 59.0 Å². The highest BCUT2D eigenvalue weighted by atomic mass is 35.5. The number of anilines is 1. The number of nitrogens with one attached hydrogen (secondary N) is 1. The molecule has 0 spiro atoms. The first-order valence-corrected chi connectivity index (χ1v) is 9.97. The van der Waals surface area contributed by atoms with E-state index >= 15 is 0 Å². The lowest BCUT2D eigenvalue weighted by Crippen LogP contribution is -2.15. The van der Waals surface area contributed by atoms with Crippen LogP contribution in [0.3, 0.4) is 0 Å². The maximum absolute atomic E-state index is 12.8. The van der Waals surface area contributed by atoms with Crippen LogP contribution < -0.4 is 5.32 Å². The van der Waals surface area contributed by atoms with Crippen molar-refractivity contribution in [3.05, 3.63) is 76.6 Å². The summed E-state index contributed by atoms with van der Waals surface area (Å²) in [7, 11) is 0. The minimum Gasteiger partial charge on any atom is -0.451 e. The Kier molecular flexibility index (Phi) is 3.95. The van der Waals surface area contributed by atoms with E-state index in [0.29, 0.717) is 16.4 Å². The smallest absolute Gasteiger partial charge is 0.292 e. The van der Waals surface area contributed by atoms with Gasteiger partial charge >= 0.3 is 0 Å². The van der Waals surface area contributed by atoms with Crippen LogP contribution in [0.1, 0.15) is 21.8 Å². The number of thioether (sulfide) groups is 1. The lowest BCUT2D eigenvalue weighted by atomic mass is 10.2. The number of nitrogens with zero attached hydrogens (tertiary/aromatic N) is 2. The zero-order valence-corrected chi connectivity index (χ0v) is 15.7. The number of hydrogen-bond donors (Lipinski definition) is 1. The van der Waals surface area contributed by atoms with Crippen LogP contribution in [-0.2, 0) is 11.5 Å². The minimum atomic E-state index is -0.291. The molecule has 0 saturated carbocycles. The van der Waals surface area contributed by atoms with Crippen molar-refractivity contribution in [1.82, 2.24) is 9.78 Å². The fourth-order valence-electron chi connectivity index (χ4n) is 3.17. The number of fused-ring (bicyclic) bond motifs is 2. The van der Waals surface area contributed by atoms with Crippen molar-refractivity contribution in [3.63, 3.8) is 0 Å². The highest BCUT2D eigenvalue weighted by Crippen LogP contribution is 2.36. The summed E-state index contributed by atoms with van der Waals surface area (Å²) in [5.41, 5.74) is 3.59. The zero-order valence-electron chi connectivity index (χ0n) is 14.1. The van der Waals surface area contributed by atoms with Gasteiger partial charge in [0.25, 0.3) is 5.91 Å². The standard InChI is InChI=1S/C20H14ClN3O2S/c21-13-5-7-14(8-6-13)24-19(15-10-27-11-16(15)23-24)22-20(25)18-9-12-3-1-2-4-17(12)26-18/h1-9H,10-11H2,(H,22,25). The van der Waals surface area contributed by atoms with Crippen molar-refractivity contribution in [2.45, 2.75) is 11.5 Å². The summed E-state index contributed by atoms with van der Waals surface area (Å²) in [6, 6.07) is 16.7. The van der Waals surface area contributed by atoms with Crippen LogP contribution in [0.25, 0.3) is 16.7 Å². The molecule has 0 aliphatic carbocycles. The normalized spacial score (nSPS) is 13.1. The molecule has 1 N–H and O–H groups in total. The Labute approximate surface area is 164 Å². The molecule has 0 atom stereocenters. The monoisotopic (exact) mass is 395 g/mol. The Bertz CT molecular complexity index is 1130. The molecule has 0 unspecified atom stereocenters. The first kappa shape index (κ1) is 16.5. The van der Waals surface area contributed by atoms with Gasteiger partial charge in [-0.25, -0.2) is 4.68 Å². The maximum atomic E-state index is 12.8. The molecule has 0 bridgehead atoms. The number of benzene rings is 2. The average molecular weight is 396 g/mol. The van der Waals surface area contributed by atoms with Gasteiger partial charge in [0.15, 0.2) is 5.76 Å². The van der Waals surface area contributed by atoms with E-state index in [1.54, 1.807) is 22.5 Å². The van der Waals surface area contributed by atoms with Gasteiger partial charge in [-0.2, -0.15) is 16.9 Å². The average Bonchev–Trinajstić information content (AvgIpc) is 3.37. The van der Waals surface area contributed by atoms with Gasteiger partial charge in [-0.05, 0) is 36.4 Å². The Hall–Kier alpha value is -2.70. The minimum absolute atomic E-state index is 0.277. The van der Waals surface area contributed by atoms with Gasteiger partial charge in [-0.3, -0.25) is 4.79 Å². The Morgan fingerprint density at radius 3 is 2.78 bits per heavy atom. The highest BCUT2D eigenvalue weighted by Gasteiger charge is 2.25. The number of furan rings is 1. The van der Waals surface area contributed by atoms with Gasteiger partial charge in [0, 0.05) is 27.5 Å². The first-order valence-electron chi connectivity index (χ1n) is 8.43. The summed E-state index contributed by atoms with van der Waals surface area (Å²) in [6.45, 7) is 0. The largest absolute Gasteiger partial charge is 0.451 e. The van der Waals surface area contributed by atoms with E-state index < -0.39 is 0 Å². The van der Waals surface area contributed by atoms with Crippen molar-refractivity contribution in [2.24, 2.45) is 0 Å². The predicted octanol–water partition coefficient (Wildman–Crippen LogP) is 5.27. The number of carbonyl (C=O) groups is 1. The molecule has 4 aromatic rings. The molecular weight excluding hydrogens is 382 g/mol. The molecule has 1 aliphatic rings. The van der Waals surface area contributed by atoms with Crippen LogP contribution in [0.2, 0.25) is 5.02 Å². The second kappa shape index (κ2) is 6.48. The number of carbonyl (C=O) groups excluding carboxylic acids is 1. The molecule has 3 heterocycles. The second-order valence-corrected chi connectivity index (χ2v) is 7.68. The summed E-state index contributed by atoms with van der Waals surface area (Å²) in [6.07, 6.45) is 0. The highest BCUT2D eigenvalue weighted by molar-refractivity contribution is 7.98. The third-order valence-electron chi connectivity index (χ3n) is 4.50. The van der Waals surface area contributed by atoms with E-state index in [4.69, 9.17) is 16.0 Å². The van der Waals surface area contributed by atoms with Crippen LogP contribution in [-0.4, -0.2) is 15.7 Å². The first-order chi connectivity index (χ1) is 13.2. The van der Waals surface area contributed by atoms with Crippen LogP contribution in [0.4, 0.5) is 5.82 Å². The SMILES string of the molecule is O=C(Nc1c2c(nn1-c1ccc(Cl)cc1)CSC2)c1cc2ccccc2o1. The molecule has 27 heavy (non-hydrogen) atoms. The van der Waals surface area contributed by atoms with Crippen molar-refractivity contribution in [3.8, 4) is 5.69 Å². The van der Waals surface area contributed by atoms with Crippen LogP contribution >= 0.6 is 23.4 Å². The number of amides is 1. The maximum Gasteiger partial charge on any atom is 0.292 e. The Morgan fingerprint density at radius 2 is 1.96 bits per heavy atom. The van der Waals surface area contributed by atoms with E-state index in [1.807, 2.05) is 48.5 Å². The predicted molar refractivity (Wildman–Crippen MR) is 108 cm³/mol. The molecule has 0 fully saturated rings. The van der Waals surface area contributed by atoms with E-state index in [1.165, 1.54) is 0 Å². The molecule has 2 aromatic heterocycles. The fourth-order valence-corrected chi connectivity index (χ4v) is 4.33. The molecular formula is C20H14ClN3O2S. The number of rotatable bonds is 3. The van der Waals surface area contributed by atoms with E-state index in [2.05, 4.69) is 10.4 Å². The fraction of sp³-hybridized carbons (Fsp3) is 0.100. The molecule has 134 valence electrons. The summed E-state index contributed by atoms with van der Waals surface area (Å²) in [5, 5.41) is 9.24. The van der Waals surface area contributed by atoms with Gasteiger partial charge in [0.1, 0.15) is 11.4 Å². The quantitative estimate of drug-likeness (QED) is 0.513. The van der Waals surface area contributed by atoms with Gasteiger partial charge in [-0.1, -0.05) is 29.8 Å². The Morgan fingerprint density at radius 1 is 1.15 bits per heavy atom. The number of aromatic nitrogens is 2. The molecule has 7 heteroatoms. The lowest BCUT2D eigenvalue weighted by molar-refractivity contribution is 0.0998. The second-order valence-electron chi connectivity index (χ2n) is 6.26. The molecule has 0 radical (unpaired) electrons. The summed E-state index contributed by atoms with van der Waals surface area (Å²) in [4.78, 5) is 12.8. The lowest BCUT2D eigenvalue weighted by Gasteiger charge is -2.10. The summed E-state index contributed by atoms with van der Waals surface area (Å²) in [5.74, 6) is 2.32. The molecule has 1 amide bonds. The van der Waals surface area contributed by atoms with Crippen molar-refractivity contribution in [1.29, 1.82) is 0 Å². The topological polar surface area (TPSA) is 60.1 Å². The van der Waals surface area contributed by atoms with Crippen molar-refractivity contribution in [2.75, 3.05) is 5.32 Å². The number of halogens is 1. The van der Waals surface area contributed by atoms with E-state index in [0.717, 1.165) is 33.8 Å². The molecule has 1 aliphatic heterocycles. The zero-order chi connectivity index (χ0) is 18.4. The van der Waals surface area contributed by atoms with E-state index in [9.17, 15) is 4.79 Å². The summed E-state index contributed by atoms with van der Waals surface area (Å²) >= 11 is 7.79. The Balaban J connectivity index is 1.54. The van der Waals surface area contributed by atoms with E-state index in [-0.39, 0.29) is 11.7 Å².